The third-order valence-electron chi connectivity index (χ3n) is 6.94. The zero-order valence-electron chi connectivity index (χ0n) is 25.5. The predicted octanol–water partition coefficient (Wildman–Crippen LogP) is 2.37. The highest BCUT2D eigenvalue weighted by Gasteiger charge is 2.43. The largest absolute Gasteiger partial charge is 0.450 e. The Kier molecular flexibility index (Phi) is 15.4. The second-order valence-electron chi connectivity index (χ2n) is 11.2. The minimum Gasteiger partial charge on any atom is -0.450 e. The molecule has 42 heavy (non-hydrogen) atoms. The van der Waals surface area contributed by atoms with Gasteiger partial charge in [0.2, 0.25) is 0 Å². The molecular formula is C27H42Br3N3O9. The summed E-state index contributed by atoms with van der Waals surface area (Å²) in [6, 6.07) is -3.40. The fourth-order valence-electron chi connectivity index (χ4n) is 4.80. The van der Waals surface area contributed by atoms with Crippen molar-refractivity contribution in [3.63, 3.8) is 0 Å². The first kappa shape index (κ1) is 38.3. The quantitative estimate of drug-likeness (QED) is 0.226. The summed E-state index contributed by atoms with van der Waals surface area (Å²) in [6.07, 6.45) is -4.01. The highest BCUT2D eigenvalue weighted by Crippen LogP contribution is 2.22. The summed E-state index contributed by atoms with van der Waals surface area (Å²) in [7, 11) is 4.15. The second kappa shape index (κ2) is 16.9. The minimum absolute atomic E-state index is 0.0875. The lowest BCUT2D eigenvalue weighted by Crippen LogP contribution is -2.57. The molecule has 6 atom stereocenters. The van der Waals surface area contributed by atoms with Gasteiger partial charge in [-0.25, -0.2) is 14.4 Å². The predicted molar refractivity (Wildman–Crippen MR) is 165 cm³/mol. The van der Waals surface area contributed by atoms with E-state index in [0.717, 1.165) is 14.7 Å². The Balaban J connectivity index is 3.77. The van der Waals surface area contributed by atoms with Gasteiger partial charge in [-0.2, -0.15) is 0 Å². The van der Waals surface area contributed by atoms with Gasteiger partial charge >= 0.3 is 17.9 Å². The number of carbonyl (C=O) groups is 6. The Hall–Kier alpha value is -1.74. The van der Waals surface area contributed by atoms with Crippen LogP contribution in [-0.4, -0.2) is 124 Å². The smallest absolute Gasteiger partial charge is 0.329 e. The molecule has 1 aliphatic heterocycles. The van der Waals surface area contributed by atoms with Crippen LogP contribution in [-0.2, 0) is 43.0 Å². The van der Waals surface area contributed by atoms with Crippen LogP contribution in [0.1, 0.15) is 41.5 Å². The van der Waals surface area contributed by atoms with E-state index >= 15 is 0 Å². The number of rotatable bonds is 6. The fourth-order valence-corrected chi connectivity index (χ4v) is 6.03. The van der Waals surface area contributed by atoms with Crippen molar-refractivity contribution in [3.05, 3.63) is 0 Å². The molecule has 0 radical (unpaired) electrons. The summed E-state index contributed by atoms with van der Waals surface area (Å²) in [6.45, 7) is 10.2. The van der Waals surface area contributed by atoms with Crippen LogP contribution in [0, 0.1) is 17.8 Å². The molecule has 0 saturated carbocycles. The average Bonchev–Trinajstić information content (AvgIpc) is 2.90. The first-order valence-corrected chi connectivity index (χ1v) is 16.9. The van der Waals surface area contributed by atoms with Crippen molar-refractivity contribution in [1.29, 1.82) is 0 Å². The van der Waals surface area contributed by atoms with Crippen molar-refractivity contribution in [3.8, 4) is 0 Å². The maximum Gasteiger partial charge on any atom is 0.329 e. The van der Waals surface area contributed by atoms with Crippen molar-refractivity contribution < 1.29 is 43.0 Å². The molecule has 12 nitrogen and oxygen atoms in total. The minimum atomic E-state index is -1.34. The second-order valence-corrected chi connectivity index (χ2v) is 13.1. The van der Waals surface area contributed by atoms with E-state index in [4.69, 9.17) is 14.2 Å². The van der Waals surface area contributed by atoms with Gasteiger partial charge in [0.1, 0.15) is 18.1 Å². The number of esters is 3. The Bertz CT molecular complexity index is 887. The molecule has 0 aliphatic carbocycles. The van der Waals surface area contributed by atoms with E-state index in [1.807, 2.05) is 0 Å². The van der Waals surface area contributed by atoms with Crippen LogP contribution in [0.25, 0.3) is 0 Å². The van der Waals surface area contributed by atoms with Crippen LogP contribution in [0.15, 0.2) is 0 Å². The van der Waals surface area contributed by atoms with Gasteiger partial charge in [-0.05, 0) is 17.8 Å². The normalized spacial score (nSPS) is 28.2. The monoisotopic (exact) mass is 789 g/mol. The highest BCUT2D eigenvalue weighted by molar-refractivity contribution is 9.09. The van der Waals surface area contributed by atoms with Gasteiger partial charge < -0.3 is 28.9 Å². The Labute approximate surface area is 272 Å². The topological polar surface area (TPSA) is 140 Å². The zero-order valence-corrected chi connectivity index (χ0v) is 30.2. The third-order valence-corrected chi connectivity index (χ3v) is 8.70. The number of cyclic esters (lactones) is 3. The average molecular weight is 792 g/mol. The molecule has 0 aromatic rings. The standard InChI is InChI=1S/C27H42Br3N3O9/c1-13(2)19-25(37)40-17(11-29)23(35)32(8)21(15(5)6)27(39)42-18(12-30)24(36)33(9)20(14(3)4)26(38)41-16(10-28)22(34)31(19)7/h13-21H,10-12H2,1-9H3/t16-,17-,18-,19+,20+,21+/m1/s1. The van der Waals surface area contributed by atoms with Crippen molar-refractivity contribution in [2.45, 2.75) is 78.0 Å². The van der Waals surface area contributed by atoms with Crippen LogP contribution in [0.2, 0.25) is 0 Å². The van der Waals surface area contributed by atoms with Gasteiger partial charge in [0, 0.05) is 37.1 Å². The molecule has 0 aromatic carbocycles. The van der Waals surface area contributed by atoms with Crippen LogP contribution in [0.3, 0.4) is 0 Å². The lowest BCUT2D eigenvalue weighted by molar-refractivity contribution is -0.176. The number of nitrogens with zero attached hydrogens (tertiary/aromatic N) is 3. The van der Waals surface area contributed by atoms with Crippen molar-refractivity contribution in [2.75, 3.05) is 37.1 Å². The Morgan fingerprint density at radius 1 is 0.500 bits per heavy atom. The molecule has 1 aliphatic rings. The first-order valence-electron chi connectivity index (χ1n) is 13.6. The maximum absolute atomic E-state index is 13.5. The van der Waals surface area contributed by atoms with Gasteiger partial charge in [0.25, 0.3) is 17.7 Å². The molecule has 0 unspecified atom stereocenters. The molecule has 1 saturated heterocycles. The third kappa shape index (κ3) is 9.13. The zero-order chi connectivity index (χ0) is 32.6. The molecule has 0 aromatic heterocycles. The number of alkyl halides is 3. The maximum atomic E-state index is 13.5. The molecule has 1 rings (SSSR count). The molecule has 0 N–H and O–H groups in total. The van der Waals surface area contributed by atoms with Gasteiger partial charge in [0.15, 0.2) is 18.3 Å². The van der Waals surface area contributed by atoms with Crippen molar-refractivity contribution in [1.82, 2.24) is 14.7 Å². The molecule has 1 fully saturated rings. The Morgan fingerprint density at radius 2 is 0.690 bits per heavy atom. The summed E-state index contributed by atoms with van der Waals surface area (Å²) in [5.74, 6) is -5.92. The van der Waals surface area contributed by atoms with Gasteiger partial charge in [-0.15, -0.1) is 0 Å². The molecule has 240 valence electrons. The van der Waals surface area contributed by atoms with E-state index in [9.17, 15) is 28.8 Å². The molecule has 3 amide bonds. The van der Waals surface area contributed by atoms with Crippen LogP contribution in [0.5, 0.6) is 0 Å². The molecular weight excluding hydrogens is 750 g/mol. The van der Waals surface area contributed by atoms with Crippen LogP contribution in [0.4, 0.5) is 0 Å². The van der Waals surface area contributed by atoms with E-state index in [1.165, 1.54) is 21.1 Å². The van der Waals surface area contributed by atoms with E-state index in [0.29, 0.717) is 0 Å². The van der Waals surface area contributed by atoms with Crippen molar-refractivity contribution in [2.24, 2.45) is 17.8 Å². The van der Waals surface area contributed by atoms with Gasteiger partial charge in [-0.1, -0.05) is 89.3 Å². The van der Waals surface area contributed by atoms with E-state index in [2.05, 4.69) is 47.8 Å². The SMILES string of the molecule is CC(C)[C@H]1C(=O)O[C@H](CBr)C(=O)N(C)[C@@H](C(C)C)C(=O)O[C@H](CBr)C(=O)N(C)[C@@H](C(C)C)C(=O)O[C@H](CBr)C(=O)N1C. The van der Waals surface area contributed by atoms with E-state index < -0.39 is 89.8 Å². The van der Waals surface area contributed by atoms with Crippen LogP contribution >= 0.6 is 47.8 Å². The molecule has 1 heterocycles. The number of amides is 3. The highest BCUT2D eigenvalue weighted by atomic mass is 79.9. The summed E-state index contributed by atoms with van der Waals surface area (Å²) in [4.78, 5) is 84.1. The lowest BCUT2D eigenvalue weighted by atomic mass is 10.0. The van der Waals surface area contributed by atoms with Crippen LogP contribution < -0.4 is 0 Å². The summed E-state index contributed by atoms with van der Waals surface area (Å²) in [5, 5.41) is -0.263. The lowest BCUT2D eigenvalue weighted by Gasteiger charge is -2.36. The Morgan fingerprint density at radius 3 is 0.833 bits per heavy atom. The summed E-state index contributed by atoms with van der Waals surface area (Å²) >= 11 is 9.63. The van der Waals surface area contributed by atoms with E-state index in [1.54, 1.807) is 41.5 Å². The number of ether oxygens (including phenoxy) is 3. The summed E-state index contributed by atoms with van der Waals surface area (Å²) in [5.41, 5.74) is 0. The molecule has 15 heteroatoms. The number of likely N-dealkylation sites (N-methyl/N-ethyl adjacent to an activating group) is 3. The first-order chi connectivity index (χ1) is 19.5. The number of carbonyl (C=O) groups excluding carboxylic acids is 6. The molecule has 0 spiro atoms. The van der Waals surface area contributed by atoms with E-state index in [-0.39, 0.29) is 16.0 Å². The number of halogens is 3. The fraction of sp³-hybridized carbons (Fsp3) is 0.778. The van der Waals surface area contributed by atoms with Gasteiger partial charge in [0.05, 0.1) is 0 Å². The van der Waals surface area contributed by atoms with Gasteiger partial charge in [-0.3, -0.25) is 14.4 Å². The number of hydrogen-bond acceptors (Lipinski definition) is 9. The van der Waals surface area contributed by atoms with Crippen molar-refractivity contribution >= 4 is 83.4 Å². The summed E-state index contributed by atoms with van der Waals surface area (Å²) < 4.78 is 16.8. The number of hydrogen-bond donors (Lipinski definition) is 0. The molecule has 0 bridgehead atoms.